The van der Waals surface area contributed by atoms with Gasteiger partial charge < -0.3 is 10.1 Å². The lowest BCUT2D eigenvalue weighted by Gasteiger charge is -2.09. The van der Waals surface area contributed by atoms with Gasteiger partial charge in [0.1, 0.15) is 5.82 Å². The molecule has 0 saturated carbocycles. The monoisotopic (exact) mass is 269 g/mol. The quantitative estimate of drug-likeness (QED) is 0.502. The molecule has 2 heterocycles. The average molecular weight is 269 g/mol. The molecule has 1 aromatic rings. The van der Waals surface area contributed by atoms with Gasteiger partial charge in [0.25, 0.3) is 0 Å². The molecule has 2 rings (SSSR count). The van der Waals surface area contributed by atoms with Crippen LogP contribution in [0.15, 0.2) is 17.2 Å². The van der Waals surface area contributed by atoms with Gasteiger partial charge in [0.2, 0.25) is 0 Å². The summed E-state index contributed by atoms with van der Waals surface area (Å²) >= 11 is 1.38. The number of nitro groups is 1. The number of nitrogens with one attached hydrogen (secondary N) is 1. The molecule has 0 spiro atoms. The highest BCUT2D eigenvalue weighted by molar-refractivity contribution is 7.99. The third-order valence-electron chi connectivity index (χ3n) is 2.72. The number of pyridine rings is 1. The Morgan fingerprint density at radius 1 is 1.67 bits per heavy atom. The van der Waals surface area contributed by atoms with Crippen LogP contribution in [0.2, 0.25) is 0 Å². The van der Waals surface area contributed by atoms with Crippen LogP contribution in [0.25, 0.3) is 0 Å². The van der Waals surface area contributed by atoms with Crippen molar-refractivity contribution >= 4 is 23.3 Å². The highest BCUT2D eigenvalue weighted by Gasteiger charge is 2.20. The van der Waals surface area contributed by atoms with E-state index in [2.05, 4.69) is 10.3 Å². The minimum Gasteiger partial charge on any atom is -0.377 e. The molecule has 1 aliphatic rings. The van der Waals surface area contributed by atoms with Crippen molar-refractivity contribution in [3.8, 4) is 0 Å². The van der Waals surface area contributed by atoms with Gasteiger partial charge in [-0.15, -0.1) is 0 Å². The van der Waals surface area contributed by atoms with Crippen molar-refractivity contribution in [1.82, 2.24) is 4.98 Å². The fourth-order valence-corrected chi connectivity index (χ4v) is 2.83. The summed E-state index contributed by atoms with van der Waals surface area (Å²) < 4.78 is 5.50. The minimum absolute atomic E-state index is 0.0528. The molecular weight excluding hydrogens is 254 g/mol. The Bertz CT molecular complexity index is 436. The van der Waals surface area contributed by atoms with Crippen molar-refractivity contribution in [3.63, 3.8) is 0 Å². The molecule has 1 atom stereocenters. The van der Waals surface area contributed by atoms with Crippen molar-refractivity contribution < 1.29 is 9.66 Å². The van der Waals surface area contributed by atoms with E-state index >= 15 is 0 Å². The number of ether oxygens (including phenoxy) is 1. The molecule has 0 amide bonds. The van der Waals surface area contributed by atoms with Crippen molar-refractivity contribution in [3.05, 3.63) is 22.2 Å². The van der Waals surface area contributed by atoms with E-state index in [1.165, 1.54) is 17.8 Å². The average Bonchev–Trinajstić information content (AvgIpc) is 2.88. The van der Waals surface area contributed by atoms with Gasteiger partial charge in [-0.1, -0.05) is 11.8 Å². The Morgan fingerprint density at radius 3 is 3.11 bits per heavy atom. The third kappa shape index (κ3) is 3.11. The summed E-state index contributed by atoms with van der Waals surface area (Å²) in [4.78, 5) is 14.7. The predicted octanol–water partition coefficient (Wildman–Crippen LogP) is 2.30. The highest BCUT2D eigenvalue weighted by Crippen LogP contribution is 2.30. The summed E-state index contributed by atoms with van der Waals surface area (Å²) in [7, 11) is 1.74. The smallest absolute Gasteiger partial charge is 0.301 e. The van der Waals surface area contributed by atoms with Crippen LogP contribution in [0.3, 0.4) is 0 Å². The first-order valence-electron chi connectivity index (χ1n) is 5.78. The van der Waals surface area contributed by atoms with Gasteiger partial charge in [0.15, 0.2) is 5.03 Å². The molecule has 18 heavy (non-hydrogen) atoms. The summed E-state index contributed by atoms with van der Waals surface area (Å²) in [6.07, 6.45) is 2.28. The SMILES string of the molecule is CNc1ccc([N+](=O)[O-])c(SCC2CCCO2)n1. The molecule has 6 nitrogen and oxygen atoms in total. The Morgan fingerprint density at radius 2 is 2.50 bits per heavy atom. The van der Waals surface area contributed by atoms with Gasteiger partial charge in [0, 0.05) is 25.5 Å². The van der Waals surface area contributed by atoms with Crippen molar-refractivity contribution in [2.24, 2.45) is 0 Å². The minimum atomic E-state index is -0.399. The van der Waals surface area contributed by atoms with E-state index in [0.29, 0.717) is 16.6 Å². The number of hydrogen-bond acceptors (Lipinski definition) is 6. The Balaban J connectivity index is 2.10. The van der Waals surface area contributed by atoms with Crippen LogP contribution in [-0.4, -0.2) is 35.4 Å². The molecule has 0 bridgehead atoms. The Labute approximate surface area is 109 Å². The van der Waals surface area contributed by atoms with E-state index in [1.54, 1.807) is 13.1 Å². The molecule has 0 aromatic carbocycles. The standard InChI is InChI=1S/C11H15N3O3S/c1-12-10-5-4-9(14(15)16)11(13-10)18-7-8-3-2-6-17-8/h4-5,8H,2-3,6-7H2,1H3,(H,12,13). The van der Waals surface area contributed by atoms with Crippen LogP contribution in [-0.2, 0) is 4.74 Å². The molecule has 0 aliphatic carbocycles. The van der Waals surface area contributed by atoms with Crippen LogP contribution in [0.1, 0.15) is 12.8 Å². The molecule has 1 N–H and O–H groups in total. The summed E-state index contributed by atoms with van der Waals surface area (Å²) in [6.45, 7) is 0.789. The third-order valence-corrected chi connectivity index (χ3v) is 3.84. The Kier molecular flexibility index (Phi) is 4.38. The van der Waals surface area contributed by atoms with Crippen LogP contribution in [0, 0.1) is 10.1 Å². The zero-order chi connectivity index (χ0) is 13.0. The second kappa shape index (κ2) is 6.01. The van der Waals surface area contributed by atoms with Crippen LogP contribution in [0.5, 0.6) is 0 Å². The predicted molar refractivity (Wildman–Crippen MR) is 70.1 cm³/mol. The fraction of sp³-hybridized carbons (Fsp3) is 0.545. The number of rotatable bonds is 5. The van der Waals surface area contributed by atoms with Crippen LogP contribution >= 0.6 is 11.8 Å². The molecule has 1 aromatic heterocycles. The molecule has 1 saturated heterocycles. The van der Waals surface area contributed by atoms with Gasteiger partial charge in [-0.05, 0) is 18.9 Å². The maximum Gasteiger partial charge on any atom is 0.301 e. The Hall–Kier alpha value is -1.34. The molecule has 1 aliphatic heterocycles. The van der Waals surface area contributed by atoms with Crippen molar-refractivity contribution in [2.75, 3.05) is 24.7 Å². The summed E-state index contributed by atoms with van der Waals surface area (Å²) in [5.41, 5.74) is 0.0528. The zero-order valence-corrected chi connectivity index (χ0v) is 10.9. The van der Waals surface area contributed by atoms with E-state index in [-0.39, 0.29) is 11.8 Å². The molecule has 7 heteroatoms. The largest absolute Gasteiger partial charge is 0.377 e. The lowest BCUT2D eigenvalue weighted by molar-refractivity contribution is -0.388. The maximum absolute atomic E-state index is 10.9. The van der Waals surface area contributed by atoms with Crippen molar-refractivity contribution in [2.45, 2.75) is 24.0 Å². The van der Waals surface area contributed by atoms with Crippen LogP contribution in [0.4, 0.5) is 11.5 Å². The number of aromatic nitrogens is 1. The zero-order valence-electron chi connectivity index (χ0n) is 10.1. The van der Waals surface area contributed by atoms with E-state index in [9.17, 15) is 10.1 Å². The first-order valence-corrected chi connectivity index (χ1v) is 6.77. The molecule has 1 unspecified atom stereocenters. The lowest BCUT2D eigenvalue weighted by atomic mass is 10.3. The second-order valence-corrected chi connectivity index (χ2v) is 4.98. The van der Waals surface area contributed by atoms with Gasteiger partial charge in [-0.2, -0.15) is 0 Å². The van der Waals surface area contributed by atoms with E-state index in [0.717, 1.165) is 19.4 Å². The van der Waals surface area contributed by atoms with E-state index in [4.69, 9.17) is 4.74 Å². The molecule has 0 radical (unpaired) electrons. The number of nitrogens with zero attached hydrogens (tertiary/aromatic N) is 2. The maximum atomic E-state index is 10.9. The summed E-state index contributed by atoms with van der Waals surface area (Å²) in [5, 5.41) is 14.2. The highest BCUT2D eigenvalue weighted by atomic mass is 32.2. The van der Waals surface area contributed by atoms with Gasteiger partial charge in [-0.25, -0.2) is 4.98 Å². The second-order valence-electron chi connectivity index (χ2n) is 3.97. The summed E-state index contributed by atoms with van der Waals surface area (Å²) in [6, 6.07) is 3.09. The first kappa shape index (κ1) is 13.1. The molecule has 98 valence electrons. The topological polar surface area (TPSA) is 77.3 Å². The molecule has 1 fully saturated rings. The van der Waals surface area contributed by atoms with E-state index in [1.807, 2.05) is 0 Å². The lowest BCUT2D eigenvalue weighted by Crippen LogP contribution is -2.08. The molecular formula is C11H15N3O3S. The van der Waals surface area contributed by atoms with Crippen molar-refractivity contribution in [1.29, 1.82) is 0 Å². The van der Waals surface area contributed by atoms with Gasteiger partial charge in [0.05, 0.1) is 11.0 Å². The number of anilines is 1. The van der Waals surface area contributed by atoms with Gasteiger partial charge in [-0.3, -0.25) is 10.1 Å². The fourth-order valence-electron chi connectivity index (χ4n) is 1.77. The first-order chi connectivity index (χ1) is 8.70. The number of hydrogen-bond donors (Lipinski definition) is 1. The summed E-state index contributed by atoms with van der Waals surface area (Å²) in [5.74, 6) is 1.34. The number of thioether (sulfide) groups is 1. The normalized spacial score (nSPS) is 18.8. The van der Waals surface area contributed by atoms with Gasteiger partial charge >= 0.3 is 5.69 Å². The van der Waals surface area contributed by atoms with Crippen LogP contribution < -0.4 is 5.32 Å². The van der Waals surface area contributed by atoms with E-state index < -0.39 is 4.92 Å².